The van der Waals surface area contributed by atoms with Gasteiger partial charge in [-0.1, -0.05) is 11.6 Å². The van der Waals surface area contributed by atoms with Crippen LogP contribution in [0.5, 0.6) is 5.75 Å². The van der Waals surface area contributed by atoms with Crippen LogP contribution < -0.4 is 4.74 Å². The summed E-state index contributed by atoms with van der Waals surface area (Å²) in [5.41, 5.74) is 0. The fourth-order valence-corrected chi connectivity index (χ4v) is 3.15. The van der Waals surface area contributed by atoms with E-state index in [2.05, 4.69) is 0 Å². The van der Waals surface area contributed by atoms with Crippen LogP contribution in [0.25, 0.3) is 0 Å². The van der Waals surface area contributed by atoms with Crippen LogP contribution >= 0.6 is 11.6 Å². The average molecular weight is 304 g/mol. The Hall–Kier alpha value is -0.780. The smallest absolute Gasteiger partial charge is 0.211 e. The number of hydrogen-bond acceptors (Lipinski definition) is 3. The summed E-state index contributed by atoms with van der Waals surface area (Å²) >= 11 is 5.80. The van der Waals surface area contributed by atoms with Crippen molar-refractivity contribution < 1.29 is 13.2 Å². The molecule has 0 unspecified atom stereocenters. The van der Waals surface area contributed by atoms with Crippen LogP contribution in [0.3, 0.4) is 0 Å². The number of hydrogen-bond donors (Lipinski definition) is 0. The van der Waals surface area contributed by atoms with E-state index in [1.165, 1.54) is 10.6 Å². The van der Waals surface area contributed by atoms with Crippen LogP contribution in [0.4, 0.5) is 0 Å². The molecule has 1 fully saturated rings. The maximum absolute atomic E-state index is 11.4. The van der Waals surface area contributed by atoms with Crippen molar-refractivity contribution in [2.45, 2.75) is 12.8 Å². The average Bonchev–Trinajstić information content (AvgIpc) is 2.37. The zero-order valence-electron chi connectivity index (χ0n) is 10.9. The highest BCUT2D eigenvalue weighted by atomic mass is 35.5. The quantitative estimate of drug-likeness (QED) is 0.858. The Bertz CT molecular complexity index is 507. The van der Waals surface area contributed by atoms with Crippen LogP contribution in [0.15, 0.2) is 24.3 Å². The first kappa shape index (κ1) is 14.6. The largest absolute Gasteiger partial charge is 0.493 e. The molecular weight excluding hydrogens is 286 g/mol. The number of piperidine rings is 1. The van der Waals surface area contributed by atoms with E-state index in [4.69, 9.17) is 16.3 Å². The van der Waals surface area contributed by atoms with Crippen LogP contribution in [0.2, 0.25) is 5.02 Å². The van der Waals surface area contributed by atoms with Crippen LogP contribution in [-0.2, 0) is 10.0 Å². The molecule has 1 aromatic rings. The first-order valence-corrected chi connectivity index (χ1v) is 8.51. The molecule has 0 N–H and O–H groups in total. The van der Waals surface area contributed by atoms with E-state index in [9.17, 15) is 8.42 Å². The number of sulfonamides is 1. The Labute approximate surface area is 119 Å². The molecule has 0 spiro atoms. The second-order valence-corrected chi connectivity index (χ2v) is 7.29. The van der Waals surface area contributed by atoms with Gasteiger partial charge >= 0.3 is 0 Å². The van der Waals surface area contributed by atoms with Gasteiger partial charge in [0, 0.05) is 18.1 Å². The summed E-state index contributed by atoms with van der Waals surface area (Å²) in [6, 6.07) is 7.27. The highest BCUT2D eigenvalue weighted by Gasteiger charge is 2.25. The third kappa shape index (κ3) is 4.37. The summed E-state index contributed by atoms with van der Waals surface area (Å²) in [5, 5.41) is 0.689. The maximum Gasteiger partial charge on any atom is 0.211 e. The van der Waals surface area contributed by atoms with Gasteiger partial charge in [0.15, 0.2) is 0 Å². The van der Waals surface area contributed by atoms with Crippen molar-refractivity contribution in [3.63, 3.8) is 0 Å². The van der Waals surface area contributed by atoms with Gasteiger partial charge in [-0.25, -0.2) is 12.7 Å². The van der Waals surface area contributed by atoms with Gasteiger partial charge in [0.1, 0.15) is 5.75 Å². The molecule has 0 aliphatic carbocycles. The van der Waals surface area contributed by atoms with Gasteiger partial charge in [0.05, 0.1) is 12.9 Å². The standard InChI is InChI=1S/C13H18ClNO3S/c1-19(16,17)15-8-6-11(7-9-15)10-18-13-4-2-12(14)3-5-13/h2-5,11H,6-10H2,1H3. The minimum atomic E-state index is -3.04. The molecular formula is C13H18ClNO3S. The van der Waals surface area contributed by atoms with Gasteiger partial charge in [0.25, 0.3) is 0 Å². The Morgan fingerprint density at radius 3 is 2.37 bits per heavy atom. The number of ether oxygens (including phenoxy) is 1. The Balaban J connectivity index is 1.78. The van der Waals surface area contributed by atoms with E-state index < -0.39 is 10.0 Å². The number of benzene rings is 1. The normalized spacial score (nSPS) is 18.4. The van der Waals surface area contributed by atoms with Gasteiger partial charge in [-0.05, 0) is 43.0 Å². The summed E-state index contributed by atoms with van der Waals surface area (Å²) in [5.74, 6) is 1.21. The van der Waals surface area contributed by atoms with Crippen molar-refractivity contribution in [2.75, 3.05) is 26.0 Å². The maximum atomic E-state index is 11.4. The summed E-state index contributed by atoms with van der Waals surface area (Å²) < 4.78 is 30.0. The third-order valence-corrected chi connectivity index (χ3v) is 4.90. The molecule has 0 amide bonds. The Morgan fingerprint density at radius 2 is 1.84 bits per heavy atom. The Kier molecular flexibility index (Phi) is 4.71. The van der Waals surface area contributed by atoms with Crippen molar-refractivity contribution in [3.05, 3.63) is 29.3 Å². The molecule has 1 aromatic carbocycles. The molecule has 0 bridgehead atoms. The van der Waals surface area contributed by atoms with Crippen molar-refractivity contribution in [1.82, 2.24) is 4.31 Å². The highest BCUT2D eigenvalue weighted by Crippen LogP contribution is 2.21. The summed E-state index contributed by atoms with van der Waals surface area (Å²) in [7, 11) is -3.04. The molecule has 106 valence electrons. The van der Waals surface area contributed by atoms with E-state index in [1.807, 2.05) is 12.1 Å². The lowest BCUT2D eigenvalue weighted by Gasteiger charge is -2.30. The second kappa shape index (κ2) is 6.11. The SMILES string of the molecule is CS(=O)(=O)N1CCC(COc2ccc(Cl)cc2)CC1. The lowest BCUT2D eigenvalue weighted by molar-refractivity contribution is 0.186. The molecule has 2 rings (SSSR count). The molecule has 1 aliphatic rings. The van der Waals surface area contributed by atoms with Crippen molar-refractivity contribution in [1.29, 1.82) is 0 Å². The second-order valence-electron chi connectivity index (χ2n) is 4.87. The molecule has 1 aliphatic heterocycles. The van der Waals surface area contributed by atoms with Gasteiger partial charge in [-0.3, -0.25) is 0 Å². The lowest BCUT2D eigenvalue weighted by atomic mass is 9.99. The summed E-state index contributed by atoms with van der Waals surface area (Å²) in [4.78, 5) is 0. The summed E-state index contributed by atoms with van der Waals surface area (Å²) in [6.45, 7) is 1.81. The molecule has 1 heterocycles. The first-order chi connectivity index (χ1) is 8.95. The van der Waals surface area contributed by atoms with Gasteiger partial charge in [-0.15, -0.1) is 0 Å². The molecule has 0 radical (unpaired) electrons. The first-order valence-electron chi connectivity index (χ1n) is 6.28. The van der Waals surface area contributed by atoms with Crippen molar-refractivity contribution in [2.24, 2.45) is 5.92 Å². The van der Waals surface area contributed by atoms with E-state index in [1.54, 1.807) is 12.1 Å². The fourth-order valence-electron chi connectivity index (χ4n) is 2.15. The number of halogens is 1. The van der Waals surface area contributed by atoms with Crippen LogP contribution in [0.1, 0.15) is 12.8 Å². The van der Waals surface area contributed by atoms with Crippen molar-refractivity contribution >= 4 is 21.6 Å². The van der Waals surface area contributed by atoms with E-state index >= 15 is 0 Å². The third-order valence-electron chi connectivity index (χ3n) is 3.34. The van der Waals surface area contributed by atoms with Crippen LogP contribution in [-0.4, -0.2) is 38.7 Å². The molecule has 19 heavy (non-hydrogen) atoms. The topological polar surface area (TPSA) is 46.6 Å². The zero-order chi connectivity index (χ0) is 13.9. The minimum Gasteiger partial charge on any atom is -0.493 e. The summed E-state index contributed by atoms with van der Waals surface area (Å²) in [6.07, 6.45) is 2.96. The number of nitrogens with zero attached hydrogens (tertiary/aromatic N) is 1. The van der Waals surface area contributed by atoms with E-state index in [0.29, 0.717) is 30.6 Å². The lowest BCUT2D eigenvalue weighted by Crippen LogP contribution is -2.39. The number of rotatable bonds is 4. The predicted octanol–water partition coefficient (Wildman–Crippen LogP) is 2.39. The van der Waals surface area contributed by atoms with Crippen LogP contribution in [0, 0.1) is 5.92 Å². The van der Waals surface area contributed by atoms with Gasteiger partial charge < -0.3 is 4.74 Å². The Morgan fingerprint density at radius 1 is 1.26 bits per heavy atom. The van der Waals surface area contributed by atoms with E-state index in [-0.39, 0.29) is 0 Å². The highest BCUT2D eigenvalue weighted by molar-refractivity contribution is 7.88. The van der Waals surface area contributed by atoms with Crippen molar-refractivity contribution in [3.8, 4) is 5.75 Å². The monoisotopic (exact) mass is 303 g/mol. The predicted molar refractivity (Wildman–Crippen MR) is 76.1 cm³/mol. The van der Waals surface area contributed by atoms with Gasteiger partial charge in [-0.2, -0.15) is 0 Å². The minimum absolute atomic E-state index is 0.411. The molecule has 0 atom stereocenters. The van der Waals surface area contributed by atoms with E-state index in [0.717, 1.165) is 18.6 Å². The molecule has 0 saturated carbocycles. The molecule has 6 heteroatoms. The van der Waals surface area contributed by atoms with Gasteiger partial charge in [0.2, 0.25) is 10.0 Å². The molecule has 4 nitrogen and oxygen atoms in total. The zero-order valence-corrected chi connectivity index (χ0v) is 12.5. The molecule has 0 aromatic heterocycles. The fraction of sp³-hybridized carbons (Fsp3) is 0.538. The molecule has 1 saturated heterocycles.